The van der Waals surface area contributed by atoms with E-state index in [1.165, 1.54) is 13.8 Å². The molecule has 2 amide bonds. The Hall–Kier alpha value is -1.47. The van der Waals surface area contributed by atoms with Crippen LogP contribution in [0.2, 0.25) is 0 Å². The van der Waals surface area contributed by atoms with E-state index in [1.54, 1.807) is 6.92 Å². The molecule has 0 fully saturated rings. The summed E-state index contributed by atoms with van der Waals surface area (Å²) in [7, 11) is 0. The fourth-order valence-electron chi connectivity index (χ4n) is 1.61. The summed E-state index contributed by atoms with van der Waals surface area (Å²) >= 11 is 0. The number of carboxylic acids is 1. The average molecular weight is 298 g/mol. The molecule has 0 heterocycles. The standard InChI is InChI=1S/C12H21F3N2O3/c1-8(2)17(7-12(13,14)15)11(20)16-9(3)5-4-6-10(18)19/h8-9H,4-7H2,1-3H3,(H,16,20)(H,18,19). The number of carbonyl (C=O) groups is 2. The van der Waals surface area contributed by atoms with Crippen molar-refractivity contribution in [2.75, 3.05) is 6.54 Å². The molecule has 5 nitrogen and oxygen atoms in total. The summed E-state index contributed by atoms with van der Waals surface area (Å²) in [5.41, 5.74) is 0. The lowest BCUT2D eigenvalue weighted by atomic mass is 10.1. The first-order valence-electron chi connectivity index (χ1n) is 6.38. The summed E-state index contributed by atoms with van der Waals surface area (Å²) in [4.78, 5) is 22.8. The van der Waals surface area contributed by atoms with Crippen molar-refractivity contribution >= 4 is 12.0 Å². The van der Waals surface area contributed by atoms with Crippen molar-refractivity contribution in [3.05, 3.63) is 0 Å². The average Bonchev–Trinajstić information content (AvgIpc) is 2.23. The third-order valence-corrected chi connectivity index (χ3v) is 2.63. The molecule has 0 aromatic rings. The maximum Gasteiger partial charge on any atom is 0.406 e. The van der Waals surface area contributed by atoms with Gasteiger partial charge >= 0.3 is 18.2 Å². The number of carboxylic acid groups (broad SMARTS) is 1. The van der Waals surface area contributed by atoms with Gasteiger partial charge < -0.3 is 15.3 Å². The number of aliphatic carboxylic acids is 1. The molecular formula is C12H21F3N2O3. The van der Waals surface area contributed by atoms with Crippen molar-refractivity contribution in [3.8, 4) is 0 Å². The van der Waals surface area contributed by atoms with E-state index in [0.29, 0.717) is 17.7 Å². The highest BCUT2D eigenvalue weighted by Gasteiger charge is 2.34. The van der Waals surface area contributed by atoms with E-state index in [0.717, 1.165) is 0 Å². The van der Waals surface area contributed by atoms with Gasteiger partial charge in [0.25, 0.3) is 0 Å². The third kappa shape index (κ3) is 8.60. The van der Waals surface area contributed by atoms with E-state index in [9.17, 15) is 22.8 Å². The summed E-state index contributed by atoms with van der Waals surface area (Å²) in [6.07, 6.45) is -3.72. The maximum absolute atomic E-state index is 12.4. The van der Waals surface area contributed by atoms with Crippen LogP contribution < -0.4 is 5.32 Å². The van der Waals surface area contributed by atoms with Crippen molar-refractivity contribution in [2.45, 2.75) is 58.3 Å². The number of alkyl halides is 3. The molecule has 0 bridgehead atoms. The second-order valence-corrected chi connectivity index (χ2v) is 4.97. The Kier molecular flexibility index (Phi) is 7.38. The van der Waals surface area contributed by atoms with Crippen LogP contribution in [-0.4, -0.2) is 46.8 Å². The lowest BCUT2D eigenvalue weighted by Gasteiger charge is -2.29. The van der Waals surface area contributed by atoms with Gasteiger partial charge in [0.2, 0.25) is 0 Å². The van der Waals surface area contributed by atoms with Crippen LogP contribution in [0.5, 0.6) is 0 Å². The molecule has 0 radical (unpaired) electrons. The molecule has 0 aliphatic rings. The number of nitrogens with one attached hydrogen (secondary N) is 1. The van der Waals surface area contributed by atoms with Gasteiger partial charge in [-0.25, -0.2) is 4.79 Å². The van der Waals surface area contributed by atoms with Gasteiger partial charge in [-0.2, -0.15) is 13.2 Å². The molecule has 1 unspecified atom stereocenters. The highest BCUT2D eigenvalue weighted by atomic mass is 19.4. The van der Waals surface area contributed by atoms with Gasteiger partial charge in [0, 0.05) is 18.5 Å². The minimum absolute atomic E-state index is 0.0311. The number of nitrogens with zero attached hydrogens (tertiary/aromatic N) is 1. The van der Waals surface area contributed by atoms with Crippen LogP contribution >= 0.6 is 0 Å². The molecule has 2 N–H and O–H groups in total. The van der Waals surface area contributed by atoms with Crippen molar-refractivity contribution in [1.29, 1.82) is 0 Å². The molecule has 1 atom stereocenters. The van der Waals surface area contributed by atoms with Crippen molar-refractivity contribution in [2.24, 2.45) is 0 Å². The minimum Gasteiger partial charge on any atom is -0.481 e. The molecule has 0 aromatic heterocycles. The predicted molar refractivity (Wildman–Crippen MR) is 67.4 cm³/mol. The highest BCUT2D eigenvalue weighted by molar-refractivity contribution is 5.74. The van der Waals surface area contributed by atoms with Crippen LogP contribution in [0, 0.1) is 0 Å². The van der Waals surface area contributed by atoms with Crippen LogP contribution in [0.3, 0.4) is 0 Å². The van der Waals surface area contributed by atoms with Gasteiger partial charge in [-0.3, -0.25) is 4.79 Å². The molecular weight excluding hydrogens is 277 g/mol. The minimum atomic E-state index is -4.45. The molecule has 0 aliphatic carbocycles. The zero-order chi connectivity index (χ0) is 15.9. The summed E-state index contributed by atoms with van der Waals surface area (Å²) in [5.74, 6) is -0.940. The van der Waals surface area contributed by atoms with E-state index < -0.39 is 30.8 Å². The first kappa shape index (κ1) is 18.5. The van der Waals surface area contributed by atoms with Gasteiger partial charge in [-0.05, 0) is 33.6 Å². The highest BCUT2D eigenvalue weighted by Crippen LogP contribution is 2.18. The number of rotatable bonds is 7. The maximum atomic E-state index is 12.4. The normalized spacial score (nSPS) is 13.2. The Balaban J connectivity index is 4.35. The van der Waals surface area contributed by atoms with Gasteiger partial charge in [0.15, 0.2) is 0 Å². The fourth-order valence-corrected chi connectivity index (χ4v) is 1.61. The Morgan fingerprint density at radius 2 is 1.80 bits per heavy atom. The van der Waals surface area contributed by atoms with Gasteiger partial charge in [0.1, 0.15) is 6.54 Å². The van der Waals surface area contributed by atoms with Crippen molar-refractivity contribution in [1.82, 2.24) is 10.2 Å². The van der Waals surface area contributed by atoms with Crippen LogP contribution in [0.4, 0.5) is 18.0 Å². The van der Waals surface area contributed by atoms with Crippen LogP contribution in [0.15, 0.2) is 0 Å². The van der Waals surface area contributed by atoms with E-state index in [2.05, 4.69) is 5.32 Å². The summed E-state index contributed by atoms with van der Waals surface area (Å²) in [6.45, 7) is 3.32. The first-order chi connectivity index (χ1) is 9.03. The molecule has 118 valence electrons. The number of carbonyl (C=O) groups excluding carboxylic acids is 1. The zero-order valence-corrected chi connectivity index (χ0v) is 11.8. The Labute approximate surface area is 116 Å². The Morgan fingerprint density at radius 3 is 2.20 bits per heavy atom. The first-order valence-corrected chi connectivity index (χ1v) is 6.38. The summed E-state index contributed by atoms with van der Waals surface area (Å²) in [5, 5.41) is 10.9. The lowest BCUT2D eigenvalue weighted by molar-refractivity contribution is -0.143. The van der Waals surface area contributed by atoms with E-state index in [1.807, 2.05) is 0 Å². The van der Waals surface area contributed by atoms with Gasteiger partial charge in [-0.15, -0.1) is 0 Å². The fraction of sp³-hybridized carbons (Fsp3) is 0.833. The molecule has 0 spiro atoms. The second-order valence-electron chi connectivity index (χ2n) is 4.97. The molecule has 0 aliphatic heterocycles. The SMILES string of the molecule is CC(CCCC(=O)O)NC(=O)N(CC(F)(F)F)C(C)C. The number of hydrogen-bond acceptors (Lipinski definition) is 2. The quantitative estimate of drug-likeness (QED) is 0.759. The number of urea groups is 1. The van der Waals surface area contributed by atoms with Crippen LogP contribution in [0.25, 0.3) is 0 Å². The molecule has 0 aromatic carbocycles. The summed E-state index contributed by atoms with van der Waals surface area (Å²) in [6, 6.07) is -1.75. The van der Waals surface area contributed by atoms with E-state index >= 15 is 0 Å². The number of halogens is 3. The lowest BCUT2D eigenvalue weighted by Crippen LogP contribution is -2.50. The Bertz CT molecular complexity index is 332. The molecule has 0 saturated carbocycles. The molecule has 0 rings (SSSR count). The van der Waals surface area contributed by atoms with Gasteiger partial charge in [0.05, 0.1) is 0 Å². The topological polar surface area (TPSA) is 69.6 Å². The van der Waals surface area contributed by atoms with Crippen molar-refractivity contribution < 1.29 is 27.9 Å². The molecule has 0 saturated heterocycles. The smallest absolute Gasteiger partial charge is 0.406 e. The third-order valence-electron chi connectivity index (χ3n) is 2.63. The Morgan fingerprint density at radius 1 is 1.25 bits per heavy atom. The monoisotopic (exact) mass is 298 g/mol. The van der Waals surface area contributed by atoms with Crippen LogP contribution in [-0.2, 0) is 4.79 Å². The molecule has 20 heavy (non-hydrogen) atoms. The van der Waals surface area contributed by atoms with E-state index in [-0.39, 0.29) is 12.5 Å². The second kappa shape index (κ2) is 7.96. The zero-order valence-electron chi connectivity index (χ0n) is 11.8. The number of amides is 2. The van der Waals surface area contributed by atoms with Crippen LogP contribution in [0.1, 0.15) is 40.0 Å². The van der Waals surface area contributed by atoms with Gasteiger partial charge in [-0.1, -0.05) is 0 Å². The van der Waals surface area contributed by atoms with Crippen molar-refractivity contribution in [3.63, 3.8) is 0 Å². The van der Waals surface area contributed by atoms with E-state index in [4.69, 9.17) is 5.11 Å². The number of hydrogen-bond donors (Lipinski definition) is 2. The largest absolute Gasteiger partial charge is 0.481 e. The summed E-state index contributed by atoms with van der Waals surface area (Å²) < 4.78 is 37.1. The predicted octanol–water partition coefficient (Wildman–Crippen LogP) is 2.61. The molecule has 8 heteroatoms.